The molecule has 1 atom stereocenters. The van der Waals surface area contributed by atoms with Gasteiger partial charge in [0, 0.05) is 7.05 Å². The third-order valence-electron chi connectivity index (χ3n) is 2.25. The molecule has 1 unspecified atom stereocenters. The van der Waals surface area contributed by atoms with Crippen LogP contribution in [0, 0.1) is 5.92 Å². The van der Waals surface area contributed by atoms with Crippen LogP contribution in [0.1, 0.15) is 27.2 Å². The highest BCUT2D eigenvalue weighted by atomic mass is 35.5. The maximum absolute atomic E-state index is 6.04. The third-order valence-corrected chi connectivity index (χ3v) is 2.81. The monoisotopic (exact) mass is 276 g/mol. The van der Waals surface area contributed by atoms with Crippen LogP contribution in [-0.2, 0) is 0 Å². The summed E-state index contributed by atoms with van der Waals surface area (Å²) in [6, 6.07) is 1.64. The van der Waals surface area contributed by atoms with Gasteiger partial charge in [-0.15, -0.1) is 0 Å². The van der Waals surface area contributed by atoms with Crippen molar-refractivity contribution in [2.45, 2.75) is 33.3 Å². The van der Waals surface area contributed by atoms with Crippen molar-refractivity contribution >= 4 is 29.0 Å². The standard InChI is InChI=1S/C12H18Cl2N2O/c1-7(2)5-8(3)17-12-10(14)6-9(13)11(15-4)16-12/h6-8H,5H2,1-4H3,(H,15,16). The van der Waals surface area contributed by atoms with Gasteiger partial charge in [-0.25, -0.2) is 0 Å². The summed E-state index contributed by atoms with van der Waals surface area (Å²) >= 11 is 12.0. The van der Waals surface area contributed by atoms with Gasteiger partial charge in [0.05, 0.1) is 11.1 Å². The maximum Gasteiger partial charge on any atom is 0.234 e. The van der Waals surface area contributed by atoms with Crippen molar-refractivity contribution in [3.05, 3.63) is 16.1 Å². The van der Waals surface area contributed by atoms with Crippen LogP contribution in [0.3, 0.4) is 0 Å². The molecule has 1 aromatic rings. The Morgan fingerprint density at radius 2 is 1.94 bits per heavy atom. The molecule has 0 aromatic carbocycles. The number of ether oxygens (including phenoxy) is 1. The van der Waals surface area contributed by atoms with Crippen molar-refractivity contribution in [3.63, 3.8) is 0 Å². The minimum atomic E-state index is 0.0749. The molecule has 0 bridgehead atoms. The second kappa shape index (κ2) is 6.31. The summed E-state index contributed by atoms with van der Waals surface area (Å²) in [6.45, 7) is 6.30. The number of hydrogen-bond acceptors (Lipinski definition) is 3. The molecule has 0 saturated carbocycles. The van der Waals surface area contributed by atoms with Crippen molar-refractivity contribution in [2.75, 3.05) is 12.4 Å². The van der Waals surface area contributed by atoms with E-state index in [1.165, 1.54) is 0 Å². The summed E-state index contributed by atoms with van der Waals surface area (Å²) < 4.78 is 5.71. The van der Waals surface area contributed by atoms with Gasteiger partial charge in [-0.05, 0) is 25.3 Å². The van der Waals surface area contributed by atoms with Gasteiger partial charge in [0.1, 0.15) is 10.8 Å². The Kier molecular flexibility index (Phi) is 5.34. The first-order chi connectivity index (χ1) is 7.93. The molecule has 3 nitrogen and oxygen atoms in total. The zero-order valence-electron chi connectivity index (χ0n) is 10.6. The van der Waals surface area contributed by atoms with Crippen LogP contribution in [0.5, 0.6) is 5.88 Å². The minimum absolute atomic E-state index is 0.0749. The second-order valence-corrected chi connectivity index (χ2v) is 5.23. The molecular weight excluding hydrogens is 259 g/mol. The van der Waals surface area contributed by atoms with Crippen LogP contribution in [0.25, 0.3) is 0 Å². The lowest BCUT2D eigenvalue weighted by Crippen LogP contribution is -2.15. The van der Waals surface area contributed by atoms with Gasteiger partial charge in [0.15, 0.2) is 0 Å². The number of nitrogens with zero attached hydrogens (tertiary/aromatic N) is 1. The van der Waals surface area contributed by atoms with Crippen molar-refractivity contribution in [2.24, 2.45) is 5.92 Å². The molecule has 1 aromatic heterocycles. The minimum Gasteiger partial charge on any atom is -0.474 e. The number of halogens is 2. The Bertz CT molecular complexity index is 383. The lowest BCUT2D eigenvalue weighted by Gasteiger charge is -2.17. The van der Waals surface area contributed by atoms with E-state index in [1.807, 2.05) is 6.92 Å². The van der Waals surface area contributed by atoms with E-state index in [4.69, 9.17) is 27.9 Å². The average Bonchev–Trinajstić information content (AvgIpc) is 2.20. The van der Waals surface area contributed by atoms with E-state index in [2.05, 4.69) is 24.1 Å². The van der Waals surface area contributed by atoms with Gasteiger partial charge in [-0.3, -0.25) is 0 Å². The predicted molar refractivity (Wildman–Crippen MR) is 73.3 cm³/mol. The zero-order chi connectivity index (χ0) is 13.0. The number of anilines is 1. The van der Waals surface area contributed by atoms with Crippen molar-refractivity contribution in [1.29, 1.82) is 0 Å². The summed E-state index contributed by atoms with van der Waals surface area (Å²) in [5.74, 6) is 1.57. The molecule has 0 aliphatic carbocycles. The maximum atomic E-state index is 6.04. The smallest absolute Gasteiger partial charge is 0.234 e. The fourth-order valence-corrected chi connectivity index (χ4v) is 2.11. The second-order valence-electron chi connectivity index (χ2n) is 4.41. The van der Waals surface area contributed by atoms with Gasteiger partial charge in [-0.2, -0.15) is 4.98 Å². The Hall–Kier alpha value is -0.670. The molecule has 0 fully saturated rings. The molecule has 96 valence electrons. The number of aromatic nitrogens is 1. The molecule has 0 amide bonds. The molecule has 0 saturated heterocycles. The third kappa shape index (κ3) is 4.25. The first-order valence-corrected chi connectivity index (χ1v) is 6.40. The quantitative estimate of drug-likeness (QED) is 0.873. The summed E-state index contributed by atoms with van der Waals surface area (Å²) in [5.41, 5.74) is 0. The molecule has 0 aliphatic rings. The van der Waals surface area contributed by atoms with Crippen LogP contribution >= 0.6 is 23.2 Å². The largest absolute Gasteiger partial charge is 0.474 e. The predicted octanol–water partition coefficient (Wildman–Crippen LogP) is 4.24. The molecule has 1 N–H and O–H groups in total. The molecular formula is C12H18Cl2N2O. The lowest BCUT2D eigenvalue weighted by atomic mass is 10.1. The number of nitrogens with one attached hydrogen (secondary N) is 1. The highest BCUT2D eigenvalue weighted by Gasteiger charge is 2.13. The van der Waals surface area contributed by atoms with E-state index in [9.17, 15) is 0 Å². The van der Waals surface area contributed by atoms with E-state index in [0.29, 0.717) is 27.7 Å². The first kappa shape index (κ1) is 14.4. The molecule has 0 spiro atoms. The summed E-state index contributed by atoms with van der Waals surface area (Å²) in [4.78, 5) is 4.24. The molecule has 17 heavy (non-hydrogen) atoms. The van der Waals surface area contributed by atoms with Gasteiger partial charge in [0.2, 0.25) is 5.88 Å². The molecule has 0 aliphatic heterocycles. The number of pyridine rings is 1. The number of hydrogen-bond donors (Lipinski definition) is 1. The first-order valence-electron chi connectivity index (χ1n) is 5.64. The van der Waals surface area contributed by atoms with E-state index in [1.54, 1.807) is 13.1 Å². The van der Waals surface area contributed by atoms with Gasteiger partial charge >= 0.3 is 0 Å². The Labute approximate surface area is 112 Å². The van der Waals surface area contributed by atoms with Crippen molar-refractivity contribution < 1.29 is 4.74 Å². The van der Waals surface area contributed by atoms with E-state index in [0.717, 1.165) is 6.42 Å². The van der Waals surface area contributed by atoms with Crippen LogP contribution in [-0.4, -0.2) is 18.1 Å². The Morgan fingerprint density at radius 3 is 2.47 bits per heavy atom. The van der Waals surface area contributed by atoms with Crippen LogP contribution in [0.4, 0.5) is 5.82 Å². The van der Waals surface area contributed by atoms with Crippen LogP contribution < -0.4 is 10.1 Å². The summed E-state index contributed by atoms with van der Waals surface area (Å²) in [7, 11) is 1.75. The van der Waals surface area contributed by atoms with Crippen molar-refractivity contribution in [3.8, 4) is 5.88 Å². The molecule has 5 heteroatoms. The van der Waals surface area contributed by atoms with Gasteiger partial charge in [-0.1, -0.05) is 37.0 Å². The van der Waals surface area contributed by atoms with Crippen LogP contribution in [0.15, 0.2) is 6.07 Å². The fraction of sp³-hybridized carbons (Fsp3) is 0.583. The van der Waals surface area contributed by atoms with E-state index >= 15 is 0 Å². The van der Waals surface area contributed by atoms with Gasteiger partial charge < -0.3 is 10.1 Å². The lowest BCUT2D eigenvalue weighted by molar-refractivity contribution is 0.186. The highest BCUT2D eigenvalue weighted by Crippen LogP contribution is 2.31. The topological polar surface area (TPSA) is 34.2 Å². The zero-order valence-corrected chi connectivity index (χ0v) is 12.1. The Morgan fingerprint density at radius 1 is 1.29 bits per heavy atom. The fourth-order valence-electron chi connectivity index (χ4n) is 1.61. The molecule has 1 heterocycles. The Balaban J connectivity index is 2.83. The highest BCUT2D eigenvalue weighted by molar-refractivity contribution is 6.36. The SMILES string of the molecule is CNc1nc(OC(C)CC(C)C)c(Cl)cc1Cl. The molecule has 1 rings (SSSR count). The van der Waals surface area contributed by atoms with Crippen molar-refractivity contribution in [1.82, 2.24) is 4.98 Å². The normalized spacial score (nSPS) is 12.6. The van der Waals surface area contributed by atoms with E-state index in [-0.39, 0.29) is 6.10 Å². The summed E-state index contributed by atoms with van der Waals surface area (Å²) in [5, 5.41) is 3.82. The van der Waals surface area contributed by atoms with Gasteiger partial charge in [0.25, 0.3) is 0 Å². The summed E-state index contributed by atoms with van der Waals surface area (Å²) in [6.07, 6.45) is 1.03. The van der Waals surface area contributed by atoms with Crippen LogP contribution in [0.2, 0.25) is 10.0 Å². The number of rotatable bonds is 5. The molecule has 0 radical (unpaired) electrons. The van der Waals surface area contributed by atoms with E-state index < -0.39 is 0 Å². The average molecular weight is 277 g/mol.